The fourth-order valence-electron chi connectivity index (χ4n) is 2.58. The molecule has 1 unspecified atom stereocenters. The molecule has 0 saturated heterocycles. The molecule has 140 valence electrons. The standard InChI is InChI=1S/C20H32N2O3/c1-9-10-18(12-19(23)24)22(8)20(25)21(7)13-16(5)17(6)15(4)11-14(2)3/h11,18H,2,5-6,9-10,12-13H2,1,3-4,7-8H3,(H,23,24). The second-order valence-electron chi connectivity index (χ2n) is 6.55. The number of carbonyl (C=O) groups excluding carboxylic acids is 1. The zero-order valence-corrected chi connectivity index (χ0v) is 16.3. The molecule has 0 saturated carbocycles. The molecule has 0 aromatic rings. The van der Waals surface area contributed by atoms with E-state index >= 15 is 0 Å². The van der Waals surface area contributed by atoms with Crippen LogP contribution in [0.1, 0.15) is 40.0 Å². The summed E-state index contributed by atoms with van der Waals surface area (Å²) in [6, 6.07) is -0.547. The smallest absolute Gasteiger partial charge is 0.320 e. The van der Waals surface area contributed by atoms with E-state index in [1.807, 2.05) is 26.8 Å². The summed E-state index contributed by atoms with van der Waals surface area (Å²) in [5, 5.41) is 9.04. The molecule has 0 radical (unpaired) electrons. The van der Waals surface area contributed by atoms with Gasteiger partial charge in [0.2, 0.25) is 0 Å². The molecule has 25 heavy (non-hydrogen) atoms. The average Bonchev–Trinajstić information content (AvgIpc) is 2.50. The van der Waals surface area contributed by atoms with Crippen molar-refractivity contribution in [2.24, 2.45) is 0 Å². The van der Waals surface area contributed by atoms with Crippen LogP contribution in [0.5, 0.6) is 0 Å². The van der Waals surface area contributed by atoms with Gasteiger partial charge in [0, 0.05) is 26.7 Å². The number of rotatable bonds is 10. The highest BCUT2D eigenvalue weighted by atomic mass is 16.4. The predicted molar refractivity (Wildman–Crippen MR) is 104 cm³/mol. The molecule has 0 aromatic heterocycles. The molecule has 0 aliphatic rings. The third-order valence-electron chi connectivity index (χ3n) is 4.00. The summed E-state index contributed by atoms with van der Waals surface area (Å²) < 4.78 is 0. The van der Waals surface area contributed by atoms with Crippen LogP contribution in [0.3, 0.4) is 0 Å². The SMILES string of the molecule is C=C(C)C=C(C)C(=C)C(=C)CN(C)C(=O)N(C)C(CCC)CC(=O)O. The molecule has 0 rings (SSSR count). The van der Waals surface area contributed by atoms with Gasteiger partial charge in [0.05, 0.1) is 6.42 Å². The van der Waals surface area contributed by atoms with Crippen molar-refractivity contribution in [3.63, 3.8) is 0 Å². The maximum Gasteiger partial charge on any atom is 0.320 e. The third-order valence-corrected chi connectivity index (χ3v) is 4.00. The maximum absolute atomic E-state index is 12.6. The Kier molecular flexibility index (Phi) is 9.57. The fraction of sp³-hybridized carbons (Fsp3) is 0.500. The summed E-state index contributed by atoms with van der Waals surface area (Å²) >= 11 is 0. The molecule has 0 aliphatic carbocycles. The van der Waals surface area contributed by atoms with Crippen LogP contribution in [0.4, 0.5) is 4.79 Å². The van der Waals surface area contributed by atoms with E-state index in [0.717, 1.165) is 28.7 Å². The summed E-state index contributed by atoms with van der Waals surface area (Å²) in [6.45, 7) is 18.0. The van der Waals surface area contributed by atoms with E-state index in [1.54, 1.807) is 14.1 Å². The lowest BCUT2D eigenvalue weighted by atomic mass is 10.00. The minimum absolute atomic E-state index is 0.0575. The molecule has 0 bridgehead atoms. The molecule has 5 nitrogen and oxygen atoms in total. The molecular formula is C20H32N2O3. The van der Waals surface area contributed by atoms with Gasteiger partial charge in [0.15, 0.2) is 0 Å². The number of carboxylic acids is 1. The minimum atomic E-state index is -0.904. The molecule has 5 heteroatoms. The monoisotopic (exact) mass is 348 g/mol. The molecule has 1 N–H and O–H groups in total. The van der Waals surface area contributed by atoms with E-state index in [-0.39, 0.29) is 18.5 Å². The van der Waals surface area contributed by atoms with Gasteiger partial charge >= 0.3 is 12.0 Å². The average molecular weight is 348 g/mol. The Morgan fingerprint density at radius 1 is 1.16 bits per heavy atom. The van der Waals surface area contributed by atoms with Crippen LogP contribution in [0.2, 0.25) is 0 Å². The van der Waals surface area contributed by atoms with Crippen molar-refractivity contribution in [1.29, 1.82) is 0 Å². The number of carbonyl (C=O) groups is 2. The van der Waals surface area contributed by atoms with Gasteiger partial charge in [-0.15, -0.1) is 0 Å². The van der Waals surface area contributed by atoms with E-state index in [4.69, 9.17) is 5.11 Å². The quantitative estimate of drug-likeness (QED) is 0.600. The number of nitrogens with zero attached hydrogens (tertiary/aromatic N) is 2. The van der Waals surface area contributed by atoms with Crippen LogP contribution in [0.15, 0.2) is 48.1 Å². The van der Waals surface area contributed by atoms with Crippen molar-refractivity contribution in [3.05, 3.63) is 48.1 Å². The molecule has 0 aromatic carbocycles. The van der Waals surface area contributed by atoms with E-state index < -0.39 is 5.97 Å². The van der Waals surface area contributed by atoms with Gasteiger partial charge in [-0.3, -0.25) is 4.79 Å². The van der Waals surface area contributed by atoms with E-state index in [2.05, 4.69) is 19.7 Å². The van der Waals surface area contributed by atoms with Gasteiger partial charge in [-0.2, -0.15) is 0 Å². The zero-order chi connectivity index (χ0) is 19.7. The van der Waals surface area contributed by atoms with Crippen LogP contribution in [-0.2, 0) is 4.79 Å². The van der Waals surface area contributed by atoms with Gasteiger partial charge in [0.25, 0.3) is 0 Å². The first-order valence-corrected chi connectivity index (χ1v) is 8.42. The topological polar surface area (TPSA) is 60.9 Å². The summed E-state index contributed by atoms with van der Waals surface area (Å²) in [4.78, 5) is 26.7. The van der Waals surface area contributed by atoms with Gasteiger partial charge in [-0.1, -0.05) is 44.7 Å². The Morgan fingerprint density at radius 2 is 1.72 bits per heavy atom. The number of aliphatic carboxylic acids is 1. The molecular weight excluding hydrogens is 316 g/mol. The van der Waals surface area contributed by atoms with Crippen molar-refractivity contribution >= 4 is 12.0 Å². The number of carboxylic acid groups (broad SMARTS) is 1. The van der Waals surface area contributed by atoms with Crippen LogP contribution in [0, 0.1) is 0 Å². The van der Waals surface area contributed by atoms with Crippen molar-refractivity contribution in [2.45, 2.75) is 46.1 Å². The summed E-state index contributed by atoms with van der Waals surface area (Å²) in [5.74, 6) is -0.904. The Bertz CT molecular complexity index is 575. The lowest BCUT2D eigenvalue weighted by molar-refractivity contribution is -0.138. The Balaban J connectivity index is 4.97. The third kappa shape index (κ3) is 7.88. The first-order valence-electron chi connectivity index (χ1n) is 8.42. The highest BCUT2D eigenvalue weighted by Crippen LogP contribution is 2.19. The van der Waals surface area contributed by atoms with Crippen LogP contribution in [0.25, 0.3) is 0 Å². The largest absolute Gasteiger partial charge is 0.481 e. The van der Waals surface area contributed by atoms with Crippen molar-refractivity contribution in [1.82, 2.24) is 9.80 Å². The molecule has 0 heterocycles. The van der Waals surface area contributed by atoms with Gasteiger partial charge < -0.3 is 14.9 Å². The maximum atomic E-state index is 12.6. The first-order chi connectivity index (χ1) is 11.5. The van der Waals surface area contributed by atoms with E-state index in [1.165, 1.54) is 9.80 Å². The van der Waals surface area contributed by atoms with Crippen molar-refractivity contribution in [2.75, 3.05) is 20.6 Å². The van der Waals surface area contributed by atoms with Gasteiger partial charge in [-0.25, -0.2) is 4.79 Å². The number of allylic oxidation sites excluding steroid dienone is 3. The van der Waals surface area contributed by atoms with Gasteiger partial charge in [0.1, 0.15) is 0 Å². The lowest BCUT2D eigenvalue weighted by Crippen LogP contribution is -2.45. The normalized spacial score (nSPS) is 12.3. The minimum Gasteiger partial charge on any atom is -0.481 e. The number of amides is 2. The summed E-state index contributed by atoms with van der Waals surface area (Å²) in [5.41, 5.74) is 3.40. The second kappa shape index (κ2) is 10.5. The highest BCUT2D eigenvalue weighted by Gasteiger charge is 2.24. The highest BCUT2D eigenvalue weighted by molar-refractivity contribution is 5.76. The van der Waals surface area contributed by atoms with Crippen LogP contribution >= 0.6 is 0 Å². The summed E-state index contributed by atoms with van der Waals surface area (Å²) in [6.07, 6.45) is 3.33. The molecule has 0 aliphatic heterocycles. The van der Waals surface area contributed by atoms with Crippen LogP contribution in [-0.4, -0.2) is 53.6 Å². The van der Waals surface area contributed by atoms with E-state index in [9.17, 15) is 9.59 Å². The molecule has 0 spiro atoms. The van der Waals surface area contributed by atoms with Gasteiger partial charge in [-0.05, 0) is 37.0 Å². The number of hydrogen-bond acceptors (Lipinski definition) is 2. The second-order valence-corrected chi connectivity index (χ2v) is 6.55. The first kappa shape index (κ1) is 22.7. The lowest BCUT2D eigenvalue weighted by Gasteiger charge is -2.31. The van der Waals surface area contributed by atoms with Crippen molar-refractivity contribution in [3.8, 4) is 0 Å². The predicted octanol–water partition coefficient (Wildman–Crippen LogP) is 4.25. The fourth-order valence-corrected chi connectivity index (χ4v) is 2.58. The Morgan fingerprint density at radius 3 is 2.16 bits per heavy atom. The number of urea groups is 1. The zero-order valence-electron chi connectivity index (χ0n) is 16.3. The molecule has 0 fully saturated rings. The Hall–Kier alpha value is -2.30. The summed E-state index contributed by atoms with van der Waals surface area (Å²) in [7, 11) is 3.32. The van der Waals surface area contributed by atoms with E-state index in [0.29, 0.717) is 13.0 Å². The van der Waals surface area contributed by atoms with Crippen LogP contribution < -0.4 is 0 Å². The number of hydrogen-bond donors (Lipinski definition) is 1. The van der Waals surface area contributed by atoms with Crippen molar-refractivity contribution < 1.29 is 14.7 Å². The number of likely N-dealkylation sites (N-methyl/N-ethyl adjacent to an activating group) is 1. The Labute approximate surface area is 152 Å². The molecule has 2 amide bonds. The molecule has 1 atom stereocenters.